The number of carboxylic acid groups (broad SMARTS) is 1. The molecular formula is C22H26N2O2. The summed E-state index contributed by atoms with van der Waals surface area (Å²) in [4.78, 5) is 17.5. The van der Waals surface area contributed by atoms with E-state index in [2.05, 4.69) is 61.9 Å². The highest BCUT2D eigenvalue weighted by atomic mass is 16.4. The third kappa shape index (κ3) is 3.24. The van der Waals surface area contributed by atoms with Gasteiger partial charge in [0.1, 0.15) is 5.82 Å². The Hall–Kier alpha value is -2.62. The molecule has 1 heterocycles. The van der Waals surface area contributed by atoms with Crippen molar-refractivity contribution in [1.29, 1.82) is 0 Å². The van der Waals surface area contributed by atoms with Gasteiger partial charge in [0, 0.05) is 18.4 Å². The molecule has 136 valence electrons. The standard InChI is InChI=1S/C22H26N2O2/c1-5-15-11-12-22(3,4)19-9-8-17(13-18(15)19)24(6-2)20-10-7-16(14-23-20)21(25)26/h7-11,13-14H,5-6,12H2,1-4H3,(H,25,26). The zero-order valence-electron chi connectivity index (χ0n) is 15.9. The van der Waals surface area contributed by atoms with Gasteiger partial charge in [0.05, 0.1) is 5.56 Å². The predicted octanol–water partition coefficient (Wildman–Crippen LogP) is 5.41. The van der Waals surface area contributed by atoms with E-state index in [1.54, 1.807) is 12.1 Å². The number of rotatable bonds is 5. The molecule has 0 spiro atoms. The van der Waals surface area contributed by atoms with Crippen LogP contribution in [0.1, 0.15) is 62.0 Å². The molecule has 1 aliphatic rings. The average molecular weight is 350 g/mol. The van der Waals surface area contributed by atoms with Crippen LogP contribution in [0.4, 0.5) is 11.5 Å². The van der Waals surface area contributed by atoms with E-state index >= 15 is 0 Å². The number of benzene rings is 1. The molecule has 1 aliphatic carbocycles. The minimum atomic E-state index is -0.958. The van der Waals surface area contributed by atoms with Crippen LogP contribution >= 0.6 is 0 Å². The number of aromatic nitrogens is 1. The molecule has 4 heteroatoms. The molecule has 3 rings (SSSR count). The Kier molecular flexibility index (Phi) is 4.86. The van der Waals surface area contributed by atoms with Crippen molar-refractivity contribution in [3.8, 4) is 0 Å². The van der Waals surface area contributed by atoms with Crippen LogP contribution in [0.5, 0.6) is 0 Å². The SMILES string of the molecule is CCC1=CCC(C)(C)c2ccc(N(CC)c3ccc(C(=O)O)cn3)cc21. The Morgan fingerprint density at radius 3 is 2.58 bits per heavy atom. The number of pyridine rings is 1. The fourth-order valence-electron chi connectivity index (χ4n) is 3.64. The normalized spacial score (nSPS) is 15.2. The van der Waals surface area contributed by atoms with Gasteiger partial charge in [-0.2, -0.15) is 0 Å². The van der Waals surface area contributed by atoms with Gasteiger partial charge in [0.25, 0.3) is 0 Å². The van der Waals surface area contributed by atoms with E-state index in [1.807, 2.05) is 0 Å². The first-order valence-corrected chi connectivity index (χ1v) is 9.18. The van der Waals surface area contributed by atoms with Crippen LogP contribution in [0.25, 0.3) is 5.57 Å². The van der Waals surface area contributed by atoms with Crippen molar-refractivity contribution < 1.29 is 9.90 Å². The third-order valence-electron chi connectivity index (χ3n) is 5.22. The van der Waals surface area contributed by atoms with E-state index in [0.717, 1.165) is 30.9 Å². The fraction of sp³-hybridized carbons (Fsp3) is 0.364. The first-order chi connectivity index (χ1) is 12.4. The highest BCUT2D eigenvalue weighted by Gasteiger charge is 2.28. The molecule has 1 aromatic heterocycles. The van der Waals surface area contributed by atoms with Gasteiger partial charge in [-0.1, -0.05) is 32.9 Å². The molecule has 0 unspecified atom stereocenters. The molecule has 0 fully saturated rings. The molecule has 1 N–H and O–H groups in total. The van der Waals surface area contributed by atoms with Crippen molar-refractivity contribution in [3.63, 3.8) is 0 Å². The molecule has 4 nitrogen and oxygen atoms in total. The molecule has 0 aliphatic heterocycles. The second-order valence-corrected chi connectivity index (χ2v) is 7.36. The molecule has 0 saturated heterocycles. The Bertz CT molecular complexity index is 851. The second-order valence-electron chi connectivity index (χ2n) is 7.36. The summed E-state index contributed by atoms with van der Waals surface area (Å²) in [6.45, 7) is 9.61. The van der Waals surface area contributed by atoms with E-state index < -0.39 is 5.97 Å². The Morgan fingerprint density at radius 1 is 1.23 bits per heavy atom. The maximum atomic E-state index is 11.1. The maximum absolute atomic E-state index is 11.1. The first kappa shape index (κ1) is 18.2. The highest BCUT2D eigenvalue weighted by molar-refractivity contribution is 5.87. The van der Waals surface area contributed by atoms with Gasteiger partial charge in [-0.25, -0.2) is 9.78 Å². The van der Waals surface area contributed by atoms with Gasteiger partial charge in [-0.15, -0.1) is 0 Å². The lowest BCUT2D eigenvalue weighted by Gasteiger charge is -2.33. The summed E-state index contributed by atoms with van der Waals surface area (Å²) >= 11 is 0. The highest BCUT2D eigenvalue weighted by Crippen LogP contribution is 2.42. The van der Waals surface area contributed by atoms with Crippen LogP contribution in [-0.4, -0.2) is 22.6 Å². The maximum Gasteiger partial charge on any atom is 0.337 e. The number of nitrogens with zero attached hydrogens (tertiary/aromatic N) is 2. The summed E-state index contributed by atoms with van der Waals surface area (Å²) < 4.78 is 0. The van der Waals surface area contributed by atoms with Crippen molar-refractivity contribution >= 4 is 23.0 Å². The smallest absolute Gasteiger partial charge is 0.337 e. The molecule has 0 bridgehead atoms. The number of carboxylic acids is 1. The molecule has 1 aromatic carbocycles. The molecule has 0 saturated carbocycles. The van der Waals surface area contributed by atoms with Crippen LogP contribution in [0.2, 0.25) is 0 Å². The molecule has 0 amide bonds. The van der Waals surface area contributed by atoms with Crippen molar-refractivity contribution in [3.05, 3.63) is 59.3 Å². The lowest BCUT2D eigenvalue weighted by Crippen LogP contribution is -2.23. The summed E-state index contributed by atoms with van der Waals surface area (Å²) in [5.74, 6) is -0.199. The summed E-state index contributed by atoms with van der Waals surface area (Å²) in [6.07, 6.45) is 5.87. The van der Waals surface area contributed by atoms with E-state index in [4.69, 9.17) is 5.11 Å². The zero-order chi connectivity index (χ0) is 18.9. The first-order valence-electron chi connectivity index (χ1n) is 9.18. The second kappa shape index (κ2) is 6.94. The lowest BCUT2D eigenvalue weighted by atomic mass is 9.73. The number of anilines is 2. The summed E-state index contributed by atoms with van der Waals surface area (Å²) in [5.41, 5.74) is 5.54. The van der Waals surface area contributed by atoms with Gasteiger partial charge in [0.2, 0.25) is 0 Å². The van der Waals surface area contributed by atoms with Gasteiger partial charge < -0.3 is 10.0 Å². The third-order valence-corrected chi connectivity index (χ3v) is 5.22. The van der Waals surface area contributed by atoms with Crippen LogP contribution in [0.3, 0.4) is 0 Å². The molecule has 2 aromatic rings. The van der Waals surface area contributed by atoms with E-state index in [9.17, 15) is 4.79 Å². The molecule has 26 heavy (non-hydrogen) atoms. The van der Waals surface area contributed by atoms with Crippen LogP contribution in [0.15, 0.2) is 42.6 Å². The van der Waals surface area contributed by atoms with Crippen LogP contribution < -0.4 is 4.90 Å². The molecule has 0 radical (unpaired) electrons. The molecular weight excluding hydrogens is 324 g/mol. The summed E-state index contributed by atoms with van der Waals surface area (Å²) in [5, 5.41) is 9.07. The van der Waals surface area contributed by atoms with Crippen molar-refractivity contribution in [2.24, 2.45) is 0 Å². The van der Waals surface area contributed by atoms with Gasteiger partial charge in [-0.05, 0) is 66.1 Å². The van der Waals surface area contributed by atoms with Gasteiger partial charge >= 0.3 is 5.97 Å². The van der Waals surface area contributed by atoms with E-state index in [1.165, 1.54) is 22.9 Å². The minimum Gasteiger partial charge on any atom is -0.478 e. The topological polar surface area (TPSA) is 53.4 Å². The number of aromatic carboxylic acids is 1. The zero-order valence-corrected chi connectivity index (χ0v) is 15.9. The Balaban J connectivity index is 2.03. The number of fused-ring (bicyclic) bond motifs is 1. The number of allylic oxidation sites excluding steroid dienone is 2. The number of hydrogen-bond donors (Lipinski definition) is 1. The van der Waals surface area contributed by atoms with Gasteiger partial charge in [-0.3, -0.25) is 0 Å². The van der Waals surface area contributed by atoms with Crippen LogP contribution in [-0.2, 0) is 5.41 Å². The fourth-order valence-corrected chi connectivity index (χ4v) is 3.64. The summed E-state index contributed by atoms with van der Waals surface area (Å²) in [6, 6.07) is 10.0. The largest absolute Gasteiger partial charge is 0.478 e. The number of hydrogen-bond acceptors (Lipinski definition) is 3. The monoisotopic (exact) mass is 350 g/mol. The minimum absolute atomic E-state index is 0.144. The Labute approximate surface area is 155 Å². The van der Waals surface area contributed by atoms with Crippen molar-refractivity contribution in [2.45, 2.75) is 46.0 Å². The van der Waals surface area contributed by atoms with E-state index in [0.29, 0.717) is 0 Å². The Morgan fingerprint density at radius 2 is 2.00 bits per heavy atom. The average Bonchev–Trinajstić information content (AvgIpc) is 2.63. The van der Waals surface area contributed by atoms with Gasteiger partial charge in [0.15, 0.2) is 0 Å². The van der Waals surface area contributed by atoms with Crippen molar-refractivity contribution in [2.75, 3.05) is 11.4 Å². The van der Waals surface area contributed by atoms with E-state index in [-0.39, 0.29) is 11.0 Å². The number of carbonyl (C=O) groups is 1. The van der Waals surface area contributed by atoms with Crippen molar-refractivity contribution in [1.82, 2.24) is 4.98 Å². The molecule has 0 atom stereocenters. The lowest BCUT2D eigenvalue weighted by molar-refractivity contribution is 0.0696. The predicted molar refractivity (Wildman–Crippen MR) is 106 cm³/mol. The summed E-state index contributed by atoms with van der Waals surface area (Å²) in [7, 11) is 0. The van der Waals surface area contributed by atoms with Crippen LogP contribution in [0, 0.1) is 0 Å². The quantitative estimate of drug-likeness (QED) is 0.783.